The number of aryl methyl sites for hydroxylation is 1. The minimum atomic E-state index is -0.356. The Morgan fingerprint density at radius 3 is 2.78 bits per heavy atom. The van der Waals surface area contributed by atoms with Gasteiger partial charge in [0.05, 0.1) is 4.47 Å². The second-order valence-electron chi connectivity index (χ2n) is 3.46. The van der Waals surface area contributed by atoms with Crippen molar-refractivity contribution in [1.82, 2.24) is 9.97 Å². The van der Waals surface area contributed by atoms with Gasteiger partial charge in [-0.05, 0) is 41.1 Å². The van der Waals surface area contributed by atoms with Crippen molar-refractivity contribution in [2.45, 2.75) is 6.92 Å². The van der Waals surface area contributed by atoms with E-state index in [9.17, 15) is 4.39 Å². The van der Waals surface area contributed by atoms with Gasteiger partial charge in [0, 0.05) is 6.07 Å². The van der Waals surface area contributed by atoms with E-state index in [4.69, 9.17) is 10.6 Å². The molecule has 0 saturated heterocycles. The maximum Gasteiger partial charge on any atom is 0.224 e. The Bertz CT molecular complexity index is 579. The first-order chi connectivity index (χ1) is 8.58. The van der Waals surface area contributed by atoms with E-state index in [0.717, 1.165) is 0 Å². The first-order valence-corrected chi connectivity index (χ1v) is 5.83. The topological polar surface area (TPSA) is 73.1 Å². The quantitative estimate of drug-likeness (QED) is 0.673. The highest BCUT2D eigenvalue weighted by Gasteiger charge is 2.06. The second kappa shape index (κ2) is 5.28. The first kappa shape index (κ1) is 12.7. The third-order valence-electron chi connectivity index (χ3n) is 2.08. The van der Waals surface area contributed by atoms with Crippen molar-refractivity contribution >= 4 is 21.7 Å². The summed E-state index contributed by atoms with van der Waals surface area (Å²) < 4.78 is 18.9. The van der Waals surface area contributed by atoms with Gasteiger partial charge in [-0.15, -0.1) is 0 Å². The second-order valence-corrected chi connectivity index (χ2v) is 4.32. The molecule has 0 aliphatic carbocycles. The molecule has 0 atom stereocenters. The molecule has 2 aromatic rings. The summed E-state index contributed by atoms with van der Waals surface area (Å²) in [6.07, 6.45) is 0. The summed E-state index contributed by atoms with van der Waals surface area (Å²) in [5, 5.41) is 0. The number of hydrogen-bond acceptors (Lipinski definition) is 5. The molecule has 0 saturated carbocycles. The van der Waals surface area contributed by atoms with Crippen LogP contribution in [0.2, 0.25) is 0 Å². The molecule has 7 heteroatoms. The molecule has 0 bridgehead atoms. The number of ether oxygens (including phenoxy) is 1. The number of halogens is 2. The zero-order valence-electron chi connectivity index (χ0n) is 9.45. The SMILES string of the molecule is Cc1nc(NN)cc(Oc2ccc(F)c(Br)c2)n1. The van der Waals surface area contributed by atoms with Crippen LogP contribution in [0.5, 0.6) is 11.6 Å². The van der Waals surface area contributed by atoms with E-state index in [2.05, 4.69) is 31.3 Å². The van der Waals surface area contributed by atoms with Crippen LogP contribution in [-0.2, 0) is 0 Å². The molecule has 0 amide bonds. The minimum Gasteiger partial charge on any atom is -0.439 e. The number of hydrazine groups is 1. The Balaban J connectivity index is 2.27. The molecule has 5 nitrogen and oxygen atoms in total. The van der Waals surface area contributed by atoms with Crippen molar-refractivity contribution in [2.24, 2.45) is 5.84 Å². The first-order valence-electron chi connectivity index (χ1n) is 5.03. The van der Waals surface area contributed by atoms with Crippen molar-refractivity contribution < 1.29 is 9.13 Å². The smallest absolute Gasteiger partial charge is 0.224 e. The normalized spacial score (nSPS) is 10.2. The van der Waals surface area contributed by atoms with Crippen LogP contribution in [0.3, 0.4) is 0 Å². The summed E-state index contributed by atoms with van der Waals surface area (Å²) in [5.74, 6) is 6.66. The van der Waals surface area contributed by atoms with Crippen LogP contribution < -0.4 is 16.0 Å². The molecule has 94 valence electrons. The maximum atomic E-state index is 13.1. The molecule has 18 heavy (non-hydrogen) atoms. The Labute approximate surface area is 111 Å². The fourth-order valence-electron chi connectivity index (χ4n) is 1.33. The zero-order valence-corrected chi connectivity index (χ0v) is 11.0. The summed E-state index contributed by atoms with van der Waals surface area (Å²) >= 11 is 3.08. The number of anilines is 1. The number of nitrogens with two attached hydrogens (primary N) is 1. The molecule has 1 aromatic carbocycles. The lowest BCUT2D eigenvalue weighted by Crippen LogP contribution is -2.09. The molecule has 3 N–H and O–H groups in total. The molecular weight excluding hydrogens is 303 g/mol. The molecule has 1 aromatic heterocycles. The highest BCUT2D eigenvalue weighted by Crippen LogP contribution is 2.26. The standard InChI is InChI=1S/C11H10BrFN4O/c1-6-15-10(17-14)5-11(16-6)18-7-2-3-9(13)8(12)4-7/h2-5H,14H2,1H3,(H,15,16,17). The van der Waals surface area contributed by atoms with Gasteiger partial charge in [0.25, 0.3) is 0 Å². The van der Waals surface area contributed by atoms with Gasteiger partial charge in [-0.1, -0.05) is 0 Å². The number of aromatic nitrogens is 2. The van der Waals surface area contributed by atoms with E-state index >= 15 is 0 Å². The fourth-order valence-corrected chi connectivity index (χ4v) is 1.69. The molecule has 0 aliphatic heterocycles. The Morgan fingerprint density at radius 2 is 2.11 bits per heavy atom. The van der Waals surface area contributed by atoms with Crippen molar-refractivity contribution in [2.75, 3.05) is 5.43 Å². The van der Waals surface area contributed by atoms with E-state index in [1.165, 1.54) is 18.2 Å². The largest absolute Gasteiger partial charge is 0.439 e. The predicted molar refractivity (Wildman–Crippen MR) is 68.8 cm³/mol. The molecule has 1 heterocycles. The number of hydrogen-bond donors (Lipinski definition) is 2. The zero-order chi connectivity index (χ0) is 13.1. The van der Waals surface area contributed by atoms with E-state index in [-0.39, 0.29) is 5.82 Å². The monoisotopic (exact) mass is 312 g/mol. The van der Waals surface area contributed by atoms with Crippen LogP contribution >= 0.6 is 15.9 Å². The number of nitrogens with one attached hydrogen (secondary N) is 1. The summed E-state index contributed by atoms with van der Waals surface area (Å²) in [6, 6.07) is 5.87. The Morgan fingerprint density at radius 1 is 1.33 bits per heavy atom. The van der Waals surface area contributed by atoms with Crippen molar-refractivity contribution in [1.29, 1.82) is 0 Å². The van der Waals surface area contributed by atoms with Gasteiger partial charge < -0.3 is 10.2 Å². The lowest BCUT2D eigenvalue weighted by atomic mass is 10.3. The van der Waals surface area contributed by atoms with Gasteiger partial charge in [-0.2, -0.15) is 4.98 Å². The Kier molecular flexibility index (Phi) is 3.73. The molecule has 0 spiro atoms. The van der Waals surface area contributed by atoms with Gasteiger partial charge in [-0.25, -0.2) is 15.2 Å². The van der Waals surface area contributed by atoms with E-state index in [0.29, 0.717) is 27.7 Å². The molecule has 0 radical (unpaired) electrons. The van der Waals surface area contributed by atoms with E-state index < -0.39 is 0 Å². The molecule has 0 fully saturated rings. The van der Waals surface area contributed by atoms with Crippen molar-refractivity contribution in [3.63, 3.8) is 0 Å². The van der Waals surface area contributed by atoms with Crippen LogP contribution in [0.25, 0.3) is 0 Å². The van der Waals surface area contributed by atoms with Gasteiger partial charge >= 0.3 is 0 Å². The van der Waals surface area contributed by atoms with Crippen molar-refractivity contribution in [3.8, 4) is 11.6 Å². The van der Waals surface area contributed by atoms with Gasteiger partial charge in [0.2, 0.25) is 5.88 Å². The highest BCUT2D eigenvalue weighted by atomic mass is 79.9. The number of nitrogen functional groups attached to an aromatic ring is 1. The summed E-state index contributed by atoms with van der Waals surface area (Å²) in [7, 11) is 0. The van der Waals surface area contributed by atoms with E-state index in [1.807, 2.05) is 0 Å². The molecule has 0 aliphatic rings. The van der Waals surface area contributed by atoms with Crippen LogP contribution in [0.15, 0.2) is 28.7 Å². The molecule has 0 unspecified atom stereocenters. The number of rotatable bonds is 3. The summed E-state index contributed by atoms with van der Waals surface area (Å²) in [4.78, 5) is 8.12. The lowest BCUT2D eigenvalue weighted by Gasteiger charge is -2.07. The lowest BCUT2D eigenvalue weighted by molar-refractivity contribution is 0.458. The van der Waals surface area contributed by atoms with Crippen LogP contribution in [0.4, 0.5) is 10.2 Å². The summed E-state index contributed by atoms with van der Waals surface area (Å²) in [6.45, 7) is 1.72. The number of benzene rings is 1. The maximum absolute atomic E-state index is 13.1. The van der Waals surface area contributed by atoms with Gasteiger partial charge in [0.1, 0.15) is 23.2 Å². The van der Waals surface area contributed by atoms with Gasteiger partial charge in [-0.3, -0.25) is 0 Å². The number of nitrogens with zero attached hydrogens (tertiary/aromatic N) is 2. The summed E-state index contributed by atoms with van der Waals surface area (Å²) in [5.41, 5.74) is 2.41. The van der Waals surface area contributed by atoms with E-state index in [1.54, 1.807) is 13.0 Å². The molecule has 2 rings (SSSR count). The van der Waals surface area contributed by atoms with Crippen molar-refractivity contribution in [3.05, 3.63) is 40.4 Å². The predicted octanol–water partition coefficient (Wildman–Crippen LogP) is 2.76. The third-order valence-corrected chi connectivity index (χ3v) is 2.68. The van der Waals surface area contributed by atoms with Crippen LogP contribution in [0, 0.1) is 12.7 Å². The Hall–Kier alpha value is -1.73. The fraction of sp³-hybridized carbons (Fsp3) is 0.0909. The minimum absolute atomic E-state index is 0.322. The highest BCUT2D eigenvalue weighted by molar-refractivity contribution is 9.10. The third kappa shape index (κ3) is 2.93. The average molecular weight is 313 g/mol. The van der Waals surface area contributed by atoms with Crippen LogP contribution in [0.1, 0.15) is 5.82 Å². The average Bonchev–Trinajstić information content (AvgIpc) is 2.33. The van der Waals surface area contributed by atoms with Crippen LogP contribution in [-0.4, -0.2) is 9.97 Å². The van der Waals surface area contributed by atoms with Gasteiger partial charge in [0.15, 0.2) is 0 Å². The molecular formula is C11H10BrFN4O.